The summed E-state index contributed by atoms with van der Waals surface area (Å²) in [4.78, 5) is 22.4. The van der Waals surface area contributed by atoms with Crippen LogP contribution in [0.4, 0.5) is 0 Å². The minimum atomic E-state index is -0.0690. The maximum atomic E-state index is 11.6. The second-order valence-electron chi connectivity index (χ2n) is 4.05. The van der Waals surface area contributed by atoms with E-state index < -0.39 is 0 Å². The molecular formula is C9H15N3O2. The van der Waals surface area contributed by atoms with E-state index in [4.69, 9.17) is 5.73 Å². The van der Waals surface area contributed by atoms with Crippen molar-refractivity contribution in [2.24, 2.45) is 11.7 Å². The maximum Gasteiger partial charge on any atom is 0.225 e. The molecule has 0 spiro atoms. The third-order valence-corrected chi connectivity index (χ3v) is 2.80. The Balaban J connectivity index is 1.77. The van der Waals surface area contributed by atoms with Crippen LogP contribution < -0.4 is 16.4 Å². The fourth-order valence-electron chi connectivity index (χ4n) is 1.64. The molecule has 1 saturated heterocycles. The average Bonchev–Trinajstić information content (AvgIpc) is 2.82. The first kappa shape index (κ1) is 9.45. The summed E-state index contributed by atoms with van der Waals surface area (Å²) < 4.78 is 0. The molecule has 1 aliphatic carbocycles. The van der Waals surface area contributed by atoms with E-state index in [-0.39, 0.29) is 29.8 Å². The monoisotopic (exact) mass is 197 g/mol. The number of piperidine rings is 1. The van der Waals surface area contributed by atoms with Gasteiger partial charge in [-0.05, 0) is 12.8 Å². The van der Waals surface area contributed by atoms with Crippen molar-refractivity contribution in [3.63, 3.8) is 0 Å². The van der Waals surface area contributed by atoms with Crippen LogP contribution >= 0.6 is 0 Å². The van der Waals surface area contributed by atoms with E-state index in [0.717, 1.165) is 6.42 Å². The fraction of sp³-hybridized carbons (Fsp3) is 0.778. The van der Waals surface area contributed by atoms with E-state index >= 15 is 0 Å². The lowest BCUT2D eigenvalue weighted by Crippen LogP contribution is -2.44. The Labute approximate surface area is 82.4 Å². The molecule has 0 aromatic heterocycles. The van der Waals surface area contributed by atoms with E-state index in [1.165, 1.54) is 0 Å². The summed E-state index contributed by atoms with van der Waals surface area (Å²) in [5, 5.41) is 5.56. The Morgan fingerprint density at radius 3 is 2.79 bits per heavy atom. The molecule has 14 heavy (non-hydrogen) atoms. The molecule has 2 rings (SSSR count). The Bertz CT molecular complexity index is 257. The maximum absolute atomic E-state index is 11.6. The lowest BCUT2D eigenvalue weighted by atomic mass is 9.98. The van der Waals surface area contributed by atoms with Crippen LogP contribution in [0.25, 0.3) is 0 Å². The number of amides is 2. The Hall–Kier alpha value is -1.10. The number of carbonyl (C=O) groups excluding carboxylic acids is 2. The predicted octanol–water partition coefficient (Wildman–Crippen LogP) is -1.27. The molecule has 0 aromatic carbocycles. The van der Waals surface area contributed by atoms with Crippen molar-refractivity contribution in [1.29, 1.82) is 0 Å². The highest BCUT2D eigenvalue weighted by Gasteiger charge is 2.36. The minimum Gasteiger partial charge on any atom is -0.355 e. The number of rotatable bonds is 2. The van der Waals surface area contributed by atoms with Crippen molar-refractivity contribution in [3.05, 3.63) is 0 Å². The molecule has 3 atom stereocenters. The van der Waals surface area contributed by atoms with E-state index in [9.17, 15) is 9.59 Å². The summed E-state index contributed by atoms with van der Waals surface area (Å²) in [6, 6.07) is 0.303. The van der Waals surface area contributed by atoms with Crippen LogP contribution in [0.15, 0.2) is 0 Å². The second-order valence-corrected chi connectivity index (χ2v) is 4.05. The molecule has 2 aliphatic rings. The van der Waals surface area contributed by atoms with E-state index in [1.807, 2.05) is 0 Å². The highest BCUT2D eigenvalue weighted by Crippen LogP contribution is 2.19. The van der Waals surface area contributed by atoms with E-state index in [2.05, 4.69) is 10.6 Å². The SMILES string of the molecule is NC1CC1NC(=O)C1CCC(=O)NC1. The van der Waals surface area contributed by atoms with Gasteiger partial charge in [-0.25, -0.2) is 0 Å². The molecule has 1 saturated carbocycles. The molecule has 0 radical (unpaired) electrons. The number of carbonyl (C=O) groups is 2. The molecule has 5 nitrogen and oxygen atoms in total. The number of hydrogen-bond donors (Lipinski definition) is 3. The van der Waals surface area contributed by atoms with Gasteiger partial charge in [0.1, 0.15) is 0 Å². The zero-order valence-corrected chi connectivity index (χ0v) is 7.95. The van der Waals surface area contributed by atoms with Crippen molar-refractivity contribution in [3.8, 4) is 0 Å². The third-order valence-electron chi connectivity index (χ3n) is 2.80. The Morgan fingerprint density at radius 2 is 2.29 bits per heavy atom. The standard InChI is InChI=1S/C9H15N3O2/c10-6-3-7(6)12-9(14)5-1-2-8(13)11-4-5/h5-7H,1-4,10H2,(H,11,13)(H,12,14). The van der Waals surface area contributed by atoms with Gasteiger partial charge in [0.2, 0.25) is 11.8 Å². The van der Waals surface area contributed by atoms with Crippen LogP contribution in [0.2, 0.25) is 0 Å². The van der Waals surface area contributed by atoms with Gasteiger partial charge < -0.3 is 16.4 Å². The Morgan fingerprint density at radius 1 is 1.57 bits per heavy atom. The van der Waals surface area contributed by atoms with Crippen LogP contribution in [0, 0.1) is 5.92 Å². The first-order valence-corrected chi connectivity index (χ1v) is 4.99. The average molecular weight is 197 g/mol. The highest BCUT2D eigenvalue weighted by atomic mass is 16.2. The molecule has 5 heteroatoms. The fourth-order valence-corrected chi connectivity index (χ4v) is 1.64. The van der Waals surface area contributed by atoms with Gasteiger partial charge in [-0.1, -0.05) is 0 Å². The summed E-state index contributed by atoms with van der Waals surface area (Å²) in [7, 11) is 0. The lowest BCUT2D eigenvalue weighted by Gasteiger charge is -2.21. The van der Waals surface area contributed by atoms with Crippen LogP contribution in [-0.2, 0) is 9.59 Å². The number of hydrogen-bond acceptors (Lipinski definition) is 3. The van der Waals surface area contributed by atoms with Crippen LogP contribution in [0.1, 0.15) is 19.3 Å². The molecule has 4 N–H and O–H groups in total. The quantitative estimate of drug-likeness (QED) is 0.516. The molecular weight excluding hydrogens is 182 g/mol. The third kappa shape index (κ3) is 2.04. The summed E-state index contributed by atoms with van der Waals surface area (Å²) in [5.74, 6) is 0.000577. The number of nitrogens with two attached hydrogens (primary N) is 1. The topological polar surface area (TPSA) is 84.2 Å². The van der Waals surface area contributed by atoms with Crippen molar-refractivity contribution in [1.82, 2.24) is 10.6 Å². The largest absolute Gasteiger partial charge is 0.355 e. The molecule has 0 aromatic rings. The molecule has 1 heterocycles. The van der Waals surface area contributed by atoms with Crippen LogP contribution in [0.5, 0.6) is 0 Å². The van der Waals surface area contributed by atoms with Gasteiger partial charge >= 0.3 is 0 Å². The summed E-state index contributed by atoms with van der Waals surface area (Å²) in [6.45, 7) is 0.465. The Kier molecular flexibility index (Phi) is 2.41. The zero-order chi connectivity index (χ0) is 10.1. The van der Waals surface area contributed by atoms with Gasteiger partial charge in [0.05, 0.1) is 5.92 Å². The minimum absolute atomic E-state index is 0.0305. The van der Waals surface area contributed by atoms with Crippen molar-refractivity contribution in [2.45, 2.75) is 31.3 Å². The normalized spacial score (nSPS) is 36.1. The van der Waals surface area contributed by atoms with Crippen molar-refractivity contribution < 1.29 is 9.59 Å². The molecule has 3 unspecified atom stereocenters. The zero-order valence-electron chi connectivity index (χ0n) is 7.95. The van der Waals surface area contributed by atoms with Gasteiger partial charge in [0, 0.05) is 25.0 Å². The predicted molar refractivity (Wildman–Crippen MR) is 50.3 cm³/mol. The molecule has 78 valence electrons. The highest BCUT2D eigenvalue weighted by molar-refractivity contribution is 5.84. The van der Waals surface area contributed by atoms with Gasteiger partial charge in [-0.15, -0.1) is 0 Å². The molecule has 0 bridgehead atoms. The van der Waals surface area contributed by atoms with Crippen LogP contribution in [0.3, 0.4) is 0 Å². The van der Waals surface area contributed by atoms with E-state index in [1.54, 1.807) is 0 Å². The van der Waals surface area contributed by atoms with Crippen LogP contribution in [-0.4, -0.2) is 30.4 Å². The van der Waals surface area contributed by atoms with Crippen molar-refractivity contribution in [2.75, 3.05) is 6.54 Å². The lowest BCUT2D eigenvalue weighted by molar-refractivity contribution is -0.129. The summed E-state index contributed by atoms with van der Waals surface area (Å²) >= 11 is 0. The number of nitrogens with one attached hydrogen (secondary N) is 2. The molecule has 2 amide bonds. The summed E-state index contributed by atoms with van der Waals surface area (Å²) in [6.07, 6.45) is 1.99. The first-order valence-electron chi connectivity index (χ1n) is 4.99. The molecule has 1 aliphatic heterocycles. The van der Waals surface area contributed by atoms with Gasteiger partial charge in [-0.3, -0.25) is 9.59 Å². The van der Waals surface area contributed by atoms with E-state index in [0.29, 0.717) is 19.4 Å². The summed E-state index contributed by atoms with van der Waals surface area (Å²) in [5.41, 5.74) is 5.58. The van der Waals surface area contributed by atoms with Crippen molar-refractivity contribution >= 4 is 11.8 Å². The first-order chi connectivity index (χ1) is 6.66. The second kappa shape index (κ2) is 3.57. The van der Waals surface area contributed by atoms with Gasteiger partial charge in [0.25, 0.3) is 0 Å². The van der Waals surface area contributed by atoms with Gasteiger partial charge in [0.15, 0.2) is 0 Å². The smallest absolute Gasteiger partial charge is 0.225 e. The van der Waals surface area contributed by atoms with Gasteiger partial charge in [-0.2, -0.15) is 0 Å². The molecule has 2 fully saturated rings.